The molecule has 5 aliphatic carbocycles. The summed E-state index contributed by atoms with van der Waals surface area (Å²) >= 11 is 0. The third-order valence-electron chi connectivity index (χ3n) is 14.8. The Morgan fingerprint density at radius 2 is 0.815 bits per heavy atom. The van der Waals surface area contributed by atoms with Crippen molar-refractivity contribution in [2.45, 2.75) is 37.5 Å². The topological polar surface area (TPSA) is 0 Å². The van der Waals surface area contributed by atoms with Gasteiger partial charge in [0, 0.05) is 5.41 Å². The average molecular weight is 689 g/mol. The monoisotopic (exact) mass is 688 g/mol. The van der Waals surface area contributed by atoms with E-state index in [0.29, 0.717) is 0 Å². The molecule has 9 aromatic rings. The maximum Gasteiger partial charge on any atom is 0.0272 e. The summed E-state index contributed by atoms with van der Waals surface area (Å²) in [6.07, 6.45) is 7.05. The Kier molecular flexibility index (Phi) is 5.89. The zero-order valence-electron chi connectivity index (χ0n) is 30.4. The normalized spacial score (nSPS) is 23.6. The van der Waals surface area contributed by atoms with Crippen molar-refractivity contribution in [2.75, 3.05) is 0 Å². The first-order chi connectivity index (χ1) is 26.7. The summed E-state index contributed by atoms with van der Waals surface area (Å²) in [4.78, 5) is 0. The number of hydrogen-bond acceptors (Lipinski definition) is 0. The van der Waals surface area contributed by atoms with Crippen LogP contribution in [0.25, 0.3) is 87.2 Å². The first kappa shape index (κ1) is 29.7. The van der Waals surface area contributed by atoms with Crippen LogP contribution in [0, 0.1) is 23.7 Å². The molecule has 0 N–H and O–H groups in total. The molecule has 0 nitrogen and oxygen atoms in total. The van der Waals surface area contributed by atoms with Crippen molar-refractivity contribution in [3.05, 3.63) is 169 Å². The molecule has 1 spiro atoms. The summed E-state index contributed by atoms with van der Waals surface area (Å²) in [6.45, 7) is 0. The molecule has 4 saturated carbocycles. The van der Waals surface area contributed by atoms with Gasteiger partial charge in [-0.25, -0.2) is 0 Å². The Balaban J connectivity index is 1.07. The van der Waals surface area contributed by atoms with Crippen molar-refractivity contribution >= 4 is 53.9 Å². The van der Waals surface area contributed by atoms with Crippen molar-refractivity contribution < 1.29 is 0 Å². The zero-order chi connectivity index (χ0) is 35.1. The first-order valence-electron chi connectivity index (χ1n) is 20.3. The molecule has 0 heterocycles. The van der Waals surface area contributed by atoms with Gasteiger partial charge in [0.2, 0.25) is 0 Å². The summed E-state index contributed by atoms with van der Waals surface area (Å²) in [5.74, 6) is 3.30. The lowest BCUT2D eigenvalue weighted by molar-refractivity contribution is -0.0398. The quantitative estimate of drug-likeness (QED) is 0.125. The molecular formula is C54H40. The molecule has 4 fully saturated rings. The Labute approximate surface area is 316 Å². The Morgan fingerprint density at radius 3 is 1.46 bits per heavy atom. The van der Waals surface area contributed by atoms with E-state index >= 15 is 0 Å². The molecule has 0 amide bonds. The van der Waals surface area contributed by atoms with Gasteiger partial charge in [0.15, 0.2) is 0 Å². The van der Waals surface area contributed by atoms with Crippen LogP contribution in [0.4, 0.5) is 0 Å². The van der Waals surface area contributed by atoms with Gasteiger partial charge in [-0.2, -0.15) is 0 Å². The lowest BCUT2D eigenvalue weighted by Gasteiger charge is -2.61. The van der Waals surface area contributed by atoms with E-state index in [1.807, 2.05) is 0 Å². The van der Waals surface area contributed by atoms with E-state index in [4.69, 9.17) is 0 Å². The van der Waals surface area contributed by atoms with Crippen molar-refractivity contribution in [3.8, 4) is 33.4 Å². The predicted molar refractivity (Wildman–Crippen MR) is 228 cm³/mol. The Morgan fingerprint density at radius 1 is 0.333 bits per heavy atom. The largest absolute Gasteiger partial charge is 0.0616 e. The van der Waals surface area contributed by atoms with Crippen LogP contribution in [0.3, 0.4) is 0 Å². The van der Waals surface area contributed by atoms with Crippen LogP contribution in [0.2, 0.25) is 0 Å². The lowest BCUT2D eigenvalue weighted by atomic mass is 9.43. The molecule has 0 unspecified atom stereocenters. The fourth-order valence-corrected chi connectivity index (χ4v) is 13.0. The van der Waals surface area contributed by atoms with Crippen LogP contribution in [0.1, 0.15) is 43.2 Å². The molecule has 0 atom stereocenters. The molecule has 4 bridgehead atoms. The lowest BCUT2D eigenvalue weighted by Crippen LogP contribution is -2.55. The van der Waals surface area contributed by atoms with Crippen molar-refractivity contribution in [1.29, 1.82) is 0 Å². The van der Waals surface area contributed by atoms with E-state index in [2.05, 4.69) is 158 Å². The standard InChI is InChI=1S/C54H40/c1-2-11-36-30-51-49(29-35(36)10-1)44-22-20-39(31-50(44)54(51)40-24-32-23-33(26-40)27-41(54)25-32)53-47-15-7-5-13-45(47)52(46-14-6-8-16-48(46)53)38-19-21-43-37(28-38)18-17-34-9-3-4-12-42(34)43/h1-22,28-33,40-41H,23-27H2. The van der Waals surface area contributed by atoms with Gasteiger partial charge in [0.05, 0.1) is 0 Å². The molecule has 0 radical (unpaired) electrons. The van der Waals surface area contributed by atoms with Crippen LogP contribution >= 0.6 is 0 Å². The maximum atomic E-state index is 2.69. The second-order valence-electron chi connectivity index (χ2n) is 17.2. The van der Waals surface area contributed by atoms with Gasteiger partial charge in [-0.1, -0.05) is 133 Å². The maximum absolute atomic E-state index is 2.69. The van der Waals surface area contributed by atoms with E-state index < -0.39 is 0 Å². The molecule has 54 heavy (non-hydrogen) atoms. The highest BCUT2D eigenvalue weighted by Crippen LogP contribution is 2.70. The van der Waals surface area contributed by atoms with Gasteiger partial charge in [0.25, 0.3) is 0 Å². The third-order valence-corrected chi connectivity index (χ3v) is 14.8. The average Bonchev–Trinajstić information content (AvgIpc) is 3.49. The molecule has 0 aliphatic heterocycles. The minimum atomic E-state index is 0.110. The summed E-state index contributed by atoms with van der Waals surface area (Å²) in [6, 6.07) is 60.8. The highest BCUT2D eigenvalue weighted by atomic mass is 14.6. The van der Waals surface area contributed by atoms with Gasteiger partial charge >= 0.3 is 0 Å². The van der Waals surface area contributed by atoms with Crippen LogP contribution in [-0.2, 0) is 5.41 Å². The van der Waals surface area contributed by atoms with E-state index in [9.17, 15) is 0 Å². The predicted octanol–water partition coefficient (Wildman–Crippen LogP) is 14.5. The van der Waals surface area contributed by atoms with E-state index in [0.717, 1.165) is 23.7 Å². The van der Waals surface area contributed by atoms with Crippen molar-refractivity contribution in [2.24, 2.45) is 23.7 Å². The van der Waals surface area contributed by atoms with Gasteiger partial charge in [-0.3, -0.25) is 0 Å². The highest BCUT2D eigenvalue weighted by molar-refractivity contribution is 6.22. The SMILES string of the molecule is c1ccc2cc3c(cc2c1)-c1ccc(-c2c4ccccc4c(-c4ccc5c(ccc6ccccc65)c4)c4ccccc24)cc1C31C2CC3CC(C2)CC1C3. The van der Waals surface area contributed by atoms with Crippen LogP contribution in [-0.4, -0.2) is 0 Å². The summed E-state index contributed by atoms with van der Waals surface area (Å²) in [7, 11) is 0. The molecule has 0 heteroatoms. The minimum absolute atomic E-state index is 0.110. The molecule has 5 aliphatic rings. The third kappa shape index (κ3) is 3.84. The molecule has 256 valence electrons. The summed E-state index contributed by atoms with van der Waals surface area (Å²) < 4.78 is 0. The molecule has 14 rings (SSSR count). The molecule has 0 aromatic heterocycles. The van der Waals surface area contributed by atoms with E-state index in [1.165, 1.54) is 119 Å². The van der Waals surface area contributed by atoms with E-state index in [1.54, 1.807) is 11.1 Å². The zero-order valence-corrected chi connectivity index (χ0v) is 30.4. The first-order valence-corrected chi connectivity index (χ1v) is 20.3. The fraction of sp³-hybridized carbons (Fsp3) is 0.185. The van der Waals surface area contributed by atoms with Crippen molar-refractivity contribution in [3.63, 3.8) is 0 Å². The van der Waals surface area contributed by atoms with Crippen LogP contribution in [0.5, 0.6) is 0 Å². The van der Waals surface area contributed by atoms with Crippen molar-refractivity contribution in [1.82, 2.24) is 0 Å². The Bertz CT molecular complexity index is 2980. The number of rotatable bonds is 2. The van der Waals surface area contributed by atoms with E-state index in [-0.39, 0.29) is 5.41 Å². The molecule has 9 aromatic carbocycles. The van der Waals surface area contributed by atoms with Gasteiger partial charge < -0.3 is 0 Å². The van der Waals surface area contributed by atoms with Crippen LogP contribution < -0.4 is 0 Å². The van der Waals surface area contributed by atoms with Gasteiger partial charge in [-0.15, -0.1) is 0 Å². The van der Waals surface area contributed by atoms with Crippen LogP contribution in [0.15, 0.2) is 158 Å². The van der Waals surface area contributed by atoms with Gasteiger partial charge in [0.1, 0.15) is 0 Å². The van der Waals surface area contributed by atoms with Gasteiger partial charge in [-0.05, 0) is 178 Å². The molecule has 0 saturated heterocycles. The second kappa shape index (κ2) is 10.7. The number of benzene rings is 9. The number of fused-ring (bicyclic) bond motifs is 9. The molecular weight excluding hydrogens is 649 g/mol. The summed E-state index contributed by atoms with van der Waals surface area (Å²) in [5, 5.41) is 13.3. The number of hydrogen-bond donors (Lipinski definition) is 0. The second-order valence-corrected chi connectivity index (χ2v) is 17.2. The highest BCUT2D eigenvalue weighted by Gasteiger charge is 2.61. The smallest absolute Gasteiger partial charge is 0.0272 e. The fourth-order valence-electron chi connectivity index (χ4n) is 13.0. The minimum Gasteiger partial charge on any atom is -0.0616 e. The Hall–Kier alpha value is -5.72. The summed E-state index contributed by atoms with van der Waals surface area (Å²) in [5.41, 5.74) is 11.7.